The van der Waals surface area contributed by atoms with Crippen molar-refractivity contribution in [2.75, 3.05) is 13.2 Å². The third-order valence-electron chi connectivity index (χ3n) is 5.11. The molecule has 0 saturated carbocycles. The van der Waals surface area contributed by atoms with E-state index in [0.29, 0.717) is 24.8 Å². The van der Waals surface area contributed by atoms with Gasteiger partial charge in [0, 0.05) is 18.9 Å². The lowest BCUT2D eigenvalue weighted by Crippen LogP contribution is -2.35. The normalized spacial score (nSPS) is 28.7. The van der Waals surface area contributed by atoms with Crippen LogP contribution in [0.4, 0.5) is 0 Å². The van der Waals surface area contributed by atoms with E-state index in [4.69, 9.17) is 14.2 Å². The standard InChI is InChI=1S/C22H28O8/c1-12-6-5-7-16(10-23)9-19-20(14(3)22(27)30-19)18(8-12)29-21(26)13(2)17(25)11-28-15(4)24/h6,9,17-20,23,25H,2-3,5,7-8,10-11H2,1,4H3/b12-6-,16-9+. The number of carbonyl (C=O) groups is 3. The topological polar surface area (TPSA) is 119 Å². The first-order chi connectivity index (χ1) is 14.1. The molecule has 2 N–H and O–H groups in total. The van der Waals surface area contributed by atoms with Crippen LogP contribution in [0.15, 0.2) is 47.6 Å². The Balaban J connectivity index is 2.26. The fraction of sp³-hybridized carbons (Fsp3) is 0.500. The molecule has 0 spiro atoms. The molecule has 164 valence electrons. The zero-order chi connectivity index (χ0) is 22.4. The van der Waals surface area contributed by atoms with Crippen LogP contribution in [-0.4, -0.2) is 59.6 Å². The van der Waals surface area contributed by atoms with E-state index < -0.39 is 48.7 Å². The molecule has 8 nitrogen and oxygen atoms in total. The first kappa shape index (κ1) is 23.6. The Morgan fingerprint density at radius 3 is 2.73 bits per heavy atom. The number of allylic oxidation sites excluding steroid dienone is 1. The average molecular weight is 420 g/mol. The van der Waals surface area contributed by atoms with Crippen molar-refractivity contribution in [2.45, 2.75) is 51.4 Å². The number of esters is 3. The molecule has 4 unspecified atom stereocenters. The smallest absolute Gasteiger partial charge is 0.336 e. The van der Waals surface area contributed by atoms with E-state index >= 15 is 0 Å². The average Bonchev–Trinajstić information content (AvgIpc) is 2.97. The van der Waals surface area contributed by atoms with Gasteiger partial charge in [0.2, 0.25) is 0 Å². The predicted octanol–water partition coefficient (Wildman–Crippen LogP) is 1.53. The van der Waals surface area contributed by atoms with Crippen LogP contribution in [0.5, 0.6) is 0 Å². The highest BCUT2D eigenvalue weighted by molar-refractivity contribution is 5.92. The SMILES string of the molecule is C=C(C(=O)OC1C/C(C)=C\CC/C(CO)=C\C2OC(=O)C(=C)C21)C(O)COC(C)=O. The van der Waals surface area contributed by atoms with E-state index in [-0.39, 0.29) is 17.8 Å². The Morgan fingerprint density at radius 1 is 1.40 bits per heavy atom. The summed E-state index contributed by atoms with van der Waals surface area (Å²) in [6.45, 7) is 9.81. The highest BCUT2D eigenvalue weighted by Crippen LogP contribution is 2.36. The minimum atomic E-state index is -1.42. The summed E-state index contributed by atoms with van der Waals surface area (Å²) in [6, 6.07) is 0. The van der Waals surface area contributed by atoms with Gasteiger partial charge in [-0.05, 0) is 31.4 Å². The first-order valence-electron chi connectivity index (χ1n) is 9.71. The zero-order valence-corrected chi connectivity index (χ0v) is 17.3. The Kier molecular flexibility index (Phi) is 8.14. The second-order valence-electron chi connectivity index (χ2n) is 7.48. The number of hydrogen-bond acceptors (Lipinski definition) is 8. The van der Waals surface area contributed by atoms with Crippen molar-refractivity contribution in [3.05, 3.63) is 47.6 Å². The molecular formula is C22H28O8. The van der Waals surface area contributed by atoms with Gasteiger partial charge in [0.15, 0.2) is 0 Å². The number of carbonyl (C=O) groups excluding carboxylic acids is 3. The summed E-state index contributed by atoms with van der Waals surface area (Å²) in [7, 11) is 0. The van der Waals surface area contributed by atoms with Crippen LogP contribution < -0.4 is 0 Å². The van der Waals surface area contributed by atoms with Gasteiger partial charge in [0.05, 0.1) is 18.1 Å². The van der Waals surface area contributed by atoms with Crippen molar-refractivity contribution in [3.63, 3.8) is 0 Å². The van der Waals surface area contributed by atoms with Gasteiger partial charge in [-0.3, -0.25) is 4.79 Å². The van der Waals surface area contributed by atoms with Gasteiger partial charge in [-0.15, -0.1) is 0 Å². The van der Waals surface area contributed by atoms with Crippen LogP contribution >= 0.6 is 0 Å². The van der Waals surface area contributed by atoms with E-state index in [2.05, 4.69) is 13.2 Å². The molecule has 4 atom stereocenters. The summed E-state index contributed by atoms with van der Waals surface area (Å²) < 4.78 is 15.7. The van der Waals surface area contributed by atoms with Crippen LogP contribution in [-0.2, 0) is 28.6 Å². The molecule has 1 saturated heterocycles. The fourth-order valence-electron chi connectivity index (χ4n) is 3.42. The fourth-order valence-corrected chi connectivity index (χ4v) is 3.42. The van der Waals surface area contributed by atoms with E-state index in [1.165, 1.54) is 6.92 Å². The van der Waals surface area contributed by atoms with Crippen molar-refractivity contribution in [1.82, 2.24) is 0 Å². The van der Waals surface area contributed by atoms with Gasteiger partial charge in [0.25, 0.3) is 0 Å². The highest BCUT2D eigenvalue weighted by atomic mass is 16.6. The monoisotopic (exact) mass is 420 g/mol. The molecule has 30 heavy (non-hydrogen) atoms. The Hall–Kier alpha value is -2.71. The molecule has 0 aromatic heterocycles. The molecule has 0 amide bonds. The van der Waals surface area contributed by atoms with E-state index in [0.717, 1.165) is 5.57 Å². The van der Waals surface area contributed by atoms with Gasteiger partial charge < -0.3 is 24.4 Å². The number of rotatable bonds is 6. The lowest BCUT2D eigenvalue weighted by Gasteiger charge is -2.28. The van der Waals surface area contributed by atoms with Gasteiger partial charge in [-0.25, -0.2) is 9.59 Å². The molecular weight excluding hydrogens is 392 g/mol. The van der Waals surface area contributed by atoms with Crippen molar-refractivity contribution in [2.24, 2.45) is 5.92 Å². The Labute approximate surface area is 175 Å². The van der Waals surface area contributed by atoms with Crippen LogP contribution in [0.1, 0.15) is 33.1 Å². The second kappa shape index (κ2) is 10.4. The Morgan fingerprint density at radius 2 is 2.10 bits per heavy atom. The molecule has 1 aliphatic carbocycles. The zero-order valence-electron chi connectivity index (χ0n) is 17.3. The summed E-state index contributed by atoms with van der Waals surface area (Å²) >= 11 is 0. The van der Waals surface area contributed by atoms with Crippen molar-refractivity contribution in [1.29, 1.82) is 0 Å². The minimum Gasteiger partial charge on any atom is -0.463 e. The molecule has 0 aromatic rings. The van der Waals surface area contributed by atoms with Gasteiger partial charge in [-0.1, -0.05) is 24.8 Å². The van der Waals surface area contributed by atoms with Crippen LogP contribution in [0.3, 0.4) is 0 Å². The number of hydrogen-bond donors (Lipinski definition) is 2. The molecule has 1 aliphatic heterocycles. The molecule has 1 fully saturated rings. The number of aliphatic hydroxyl groups is 2. The third-order valence-corrected chi connectivity index (χ3v) is 5.11. The number of ether oxygens (including phenoxy) is 3. The summed E-state index contributed by atoms with van der Waals surface area (Å²) in [5.41, 5.74) is 1.55. The van der Waals surface area contributed by atoms with Gasteiger partial charge >= 0.3 is 17.9 Å². The molecule has 8 heteroatoms. The van der Waals surface area contributed by atoms with E-state index in [1.807, 2.05) is 13.0 Å². The summed E-state index contributed by atoms with van der Waals surface area (Å²) in [4.78, 5) is 35.7. The maximum Gasteiger partial charge on any atom is 0.336 e. The van der Waals surface area contributed by atoms with Crippen LogP contribution in [0.2, 0.25) is 0 Å². The molecule has 0 radical (unpaired) electrons. The number of aliphatic hydroxyl groups excluding tert-OH is 2. The van der Waals surface area contributed by atoms with Crippen LogP contribution in [0, 0.1) is 5.92 Å². The second-order valence-corrected chi connectivity index (χ2v) is 7.48. The van der Waals surface area contributed by atoms with Crippen LogP contribution in [0.25, 0.3) is 0 Å². The van der Waals surface area contributed by atoms with E-state index in [1.54, 1.807) is 6.08 Å². The first-order valence-corrected chi connectivity index (χ1v) is 9.71. The maximum absolute atomic E-state index is 12.6. The van der Waals surface area contributed by atoms with Crippen molar-refractivity contribution >= 4 is 17.9 Å². The predicted molar refractivity (Wildman–Crippen MR) is 107 cm³/mol. The lowest BCUT2D eigenvalue weighted by molar-refractivity contribution is -0.151. The molecule has 1 heterocycles. The highest BCUT2D eigenvalue weighted by Gasteiger charge is 2.44. The summed E-state index contributed by atoms with van der Waals surface area (Å²) in [5.74, 6) is -2.71. The number of fused-ring (bicyclic) bond motifs is 1. The van der Waals surface area contributed by atoms with Gasteiger partial charge in [-0.2, -0.15) is 0 Å². The maximum atomic E-state index is 12.6. The minimum absolute atomic E-state index is 0.172. The third kappa shape index (κ3) is 5.90. The van der Waals surface area contributed by atoms with E-state index in [9.17, 15) is 24.6 Å². The largest absolute Gasteiger partial charge is 0.463 e. The lowest BCUT2D eigenvalue weighted by atomic mass is 9.85. The summed E-state index contributed by atoms with van der Waals surface area (Å²) in [6.07, 6.45) is 2.34. The summed E-state index contributed by atoms with van der Waals surface area (Å²) in [5, 5.41) is 19.6. The molecule has 0 bridgehead atoms. The molecule has 2 aliphatic rings. The van der Waals surface area contributed by atoms with Crippen molar-refractivity contribution < 1.29 is 38.8 Å². The molecule has 2 rings (SSSR count). The van der Waals surface area contributed by atoms with Gasteiger partial charge in [0.1, 0.15) is 24.9 Å². The quantitative estimate of drug-likeness (QED) is 0.287. The molecule has 0 aromatic carbocycles. The van der Waals surface area contributed by atoms with Crippen molar-refractivity contribution in [3.8, 4) is 0 Å². The Bertz CT molecular complexity index is 791.